The van der Waals surface area contributed by atoms with Crippen molar-refractivity contribution in [2.24, 2.45) is 0 Å². The second-order valence-electron chi connectivity index (χ2n) is 14.8. The lowest BCUT2D eigenvalue weighted by Gasteiger charge is -2.56. The number of para-hydroxylation sites is 2. The van der Waals surface area contributed by atoms with E-state index in [1.54, 1.807) is 0 Å². The Labute approximate surface area is 255 Å². The molecule has 3 rings (SSSR count). The summed E-state index contributed by atoms with van der Waals surface area (Å²) in [5.41, 5.74) is 8.32. The molecule has 0 unspecified atom stereocenters. The number of halogens is 1. The van der Waals surface area contributed by atoms with Gasteiger partial charge in [-0.05, 0) is 58.2 Å². The summed E-state index contributed by atoms with van der Waals surface area (Å²) < 4.78 is 8.18. The van der Waals surface area contributed by atoms with Crippen molar-refractivity contribution in [1.29, 1.82) is 0 Å². The van der Waals surface area contributed by atoms with E-state index in [4.69, 9.17) is 11.1 Å². The highest BCUT2D eigenvalue weighted by Crippen LogP contribution is 2.44. The van der Waals surface area contributed by atoms with E-state index in [-0.39, 0.29) is 6.17 Å². The maximum atomic E-state index is 8.01. The average molecular weight is 615 g/mol. The van der Waals surface area contributed by atoms with Gasteiger partial charge in [-0.3, -0.25) is 0 Å². The summed E-state index contributed by atoms with van der Waals surface area (Å²) in [5.74, 6) is 1.66. The summed E-state index contributed by atoms with van der Waals surface area (Å²) in [5, 5.41) is 0. The largest absolute Gasteiger partial charge is 0.355 e. The Hall–Kier alpha value is -1.32. The van der Waals surface area contributed by atoms with Crippen LogP contribution < -0.4 is 9.13 Å². The molecule has 1 aliphatic heterocycles. The molecule has 0 fully saturated rings. The van der Waals surface area contributed by atoms with Gasteiger partial charge in [-0.2, -0.15) is 0 Å². The number of benzene rings is 2. The van der Waals surface area contributed by atoms with E-state index in [9.17, 15) is 0 Å². The number of nitrogens with zero attached hydrogens (tertiary/aromatic N) is 3. The molecular formula is C33H56ClN3Si3. The molecule has 0 spiro atoms. The molecule has 0 aromatic heterocycles. The van der Waals surface area contributed by atoms with E-state index in [1.807, 2.05) is 0 Å². The molecular weight excluding hydrogens is 558 g/mol. The highest BCUT2D eigenvalue weighted by Gasteiger charge is 2.47. The normalized spacial score (nSPS) is 18.8. The van der Waals surface area contributed by atoms with Crippen LogP contribution in [0.2, 0.25) is 39.3 Å². The molecule has 0 saturated carbocycles. The Morgan fingerprint density at radius 2 is 1.00 bits per heavy atom. The average Bonchev–Trinajstić information content (AvgIpc) is 2.81. The van der Waals surface area contributed by atoms with Crippen molar-refractivity contribution >= 4 is 47.4 Å². The molecule has 1 aliphatic rings. The highest BCUT2D eigenvalue weighted by molar-refractivity contribution is 7.11. The zero-order valence-corrected chi connectivity index (χ0v) is 31.7. The summed E-state index contributed by atoms with van der Waals surface area (Å²) in [4.78, 5) is 0. The lowest BCUT2D eigenvalue weighted by Crippen LogP contribution is -2.71. The first-order valence-corrected chi connectivity index (χ1v) is 25.0. The molecule has 0 radical (unpaired) electrons. The Morgan fingerprint density at radius 3 is 1.32 bits per heavy atom. The minimum atomic E-state index is -2.26. The molecule has 0 bridgehead atoms. The third-order valence-corrected chi connectivity index (χ3v) is 18.7. The van der Waals surface area contributed by atoms with E-state index >= 15 is 0 Å². The van der Waals surface area contributed by atoms with E-state index in [2.05, 4.69) is 157 Å². The maximum absolute atomic E-state index is 8.01. The smallest absolute Gasteiger partial charge is 0.353 e. The van der Waals surface area contributed by atoms with Crippen molar-refractivity contribution in [3.05, 3.63) is 70.9 Å². The van der Waals surface area contributed by atoms with Gasteiger partial charge in [0.25, 0.3) is 0 Å². The molecule has 0 amide bonds. The second-order valence-corrected chi connectivity index (χ2v) is 27.8. The Morgan fingerprint density at radius 1 is 0.650 bits per heavy atom. The van der Waals surface area contributed by atoms with Crippen LogP contribution in [0.15, 0.2) is 48.7 Å². The number of hydrogen-bond donors (Lipinski definition) is 0. The Balaban J connectivity index is 2.44. The lowest BCUT2D eigenvalue weighted by molar-refractivity contribution is 0.523. The monoisotopic (exact) mass is 613 g/mol. The quantitative estimate of drug-likeness (QED) is 0.206. The first kappa shape index (κ1) is 33.2. The Kier molecular flexibility index (Phi) is 10.4. The van der Waals surface area contributed by atoms with Gasteiger partial charge < -0.3 is 13.4 Å². The third kappa shape index (κ3) is 6.67. The van der Waals surface area contributed by atoms with Crippen LogP contribution in [0.4, 0.5) is 11.4 Å². The highest BCUT2D eigenvalue weighted by atomic mass is 35.6. The summed E-state index contributed by atoms with van der Waals surface area (Å²) in [7, 11) is -5.69. The molecule has 2 aromatic carbocycles. The van der Waals surface area contributed by atoms with Crippen molar-refractivity contribution in [3.63, 3.8) is 0 Å². The summed E-state index contributed by atoms with van der Waals surface area (Å²) in [6.07, 6.45) is 5.03. The van der Waals surface area contributed by atoms with E-state index in [0.29, 0.717) is 23.7 Å². The van der Waals surface area contributed by atoms with Crippen LogP contribution in [-0.2, 0) is 0 Å². The molecule has 0 aliphatic carbocycles. The molecule has 40 heavy (non-hydrogen) atoms. The fraction of sp³-hybridized carbons (Fsp3) is 0.576. The van der Waals surface area contributed by atoms with Crippen molar-refractivity contribution in [2.75, 3.05) is 9.13 Å². The first-order valence-electron chi connectivity index (χ1n) is 15.3. The van der Waals surface area contributed by atoms with E-state index in [0.717, 1.165) is 0 Å². The van der Waals surface area contributed by atoms with Gasteiger partial charge in [-0.15, -0.1) is 11.1 Å². The van der Waals surface area contributed by atoms with Crippen LogP contribution in [0.1, 0.15) is 101 Å². The van der Waals surface area contributed by atoms with Crippen LogP contribution in [0.25, 0.3) is 0 Å². The van der Waals surface area contributed by atoms with Crippen LogP contribution in [-0.4, -0.2) is 35.3 Å². The number of hydrogen-bond acceptors (Lipinski definition) is 3. The number of anilines is 2. The van der Waals surface area contributed by atoms with Crippen LogP contribution in [0.5, 0.6) is 0 Å². The third-order valence-electron chi connectivity index (χ3n) is 8.07. The SMILES string of the molecule is CC(C)c1cccc(C(C)C)c1N1C=C[C@@H](N([Si](C)(C)C)[Si](C)(C)C)N(c2c(C(C)C)cccc2C(C)C)[Si@@H]1Cl. The van der Waals surface area contributed by atoms with Crippen LogP contribution in [0, 0.1) is 0 Å². The van der Waals surface area contributed by atoms with E-state index < -0.39 is 24.9 Å². The van der Waals surface area contributed by atoms with Crippen LogP contribution in [0.3, 0.4) is 0 Å². The zero-order valence-electron chi connectivity index (χ0n) is 27.8. The van der Waals surface area contributed by atoms with Crippen molar-refractivity contribution in [3.8, 4) is 0 Å². The van der Waals surface area contributed by atoms with Gasteiger partial charge in [0.1, 0.15) is 16.5 Å². The van der Waals surface area contributed by atoms with Gasteiger partial charge in [0.05, 0.1) is 6.17 Å². The fourth-order valence-corrected chi connectivity index (χ4v) is 20.1. The van der Waals surface area contributed by atoms with Gasteiger partial charge in [0.15, 0.2) is 0 Å². The predicted octanol–water partition coefficient (Wildman–Crippen LogP) is 10.3. The summed E-state index contributed by atoms with van der Waals surface area (Å²) in [6, 6.07) is 13.8. The molecule has 0 saturated heterocycles. The van der Waals surface area contributed by atoms with Gasteiger partial charge >= 0.3 is 8.43 Å². The summed E-state index contributed by atoms with van der Waals surface area (Å²) >= 11 is 8.01. The Bertz CT molecular complexity index is 1130. The van der Waals surface area contributed by atoms with Gasteiger partial charge in [0.2, 0.25) is 0 Å². The predicted molar refractivity (Wildman–Crippen MR) is 189 cm³/mol. The molecule has 1 heterocycles. The molecule has 2 aromatic rings. The van der Waals surface area contributed by atoms with Gasteiger partial charge in [-0.25, -0.2) is 0 Å². The first-order chi connectivity index (χ1) is 18.4. The maximum Gasteiger partial charge on any atom is 0.355 e. The lowest BCUT2D eigenvalue weighted by atomic mass is 9.92. The topological polar surface area (TPSA) is 9.72 Å². The van der Waals surface area contributed by atoms with Gasteiger partial charge in [0, 0.05) is 11.4 Å². The second kappa shape index (κ2) is 12.5. The molecule has 222 valence electrons. The molecule has 3 nitrogen and oxygen atoms in total. The number of rotatable bonds is 9. The standard InChI is InChI=1S/C33H56ClN3Si3/c1-23(2)27-17-15-18-28(24(3)4)32(27)35-22-21-31(37(39(9,10)11)40(12,13)14)36(38(35)34)33-29(25(5)6)19-16-20-30(33)26(7)8/h15-26,31,38H,1-14H3/t31-,38-/m1/s1. The van der Waals surface area contributed by atoms with Gasteiger partial charge in [-0.1, -0.05) is 131 Å². The summed E-state index contributed by atoms with van der Waals surface area (Å²) in [6.45, 7) is 33.6. The molecule has 0 N–H and O–H groups in total. The van der Waals surface area contributed by atoms with Crippen molar-refractivity contribution < 1.29 is 0 Å². The minimum Gasteiger partial charge on any atom is -0.353 e. The van der Waals surface area contributed by atoms with Crippen molar-refractivity contribution in [2.45, 2.75) is 125 Å². The van der Waals surface area contributed by atoms with Crippen molar-refractivity contribution in [1.82, 2.24) is 4.23 Å². The zero-order chi connectivity index (χ0) is 30.3. The molecule has 7 heteroatoms. The van der Waals surface area contributed by atoms with E-state index in [1.165, 1.54) is 33.6 Å². The minimum absolute atomic E-state index is 0.162. The molecule has 2 atom stereocenters. The fourth-order valence-electron chi connectivity index (χ4n) is 6.64. The van der Waals surface area contributed by atoms with Crippen LogP contribution >= 0.6 is 11.1 Å².